The van der Waals surface area contributed by atoms with Gasteiger partial charge in [-0.15, -0.1) is 0 Å². The Kier molecular flexibility index (Phi) is 4.95. The van der Waals surface area contributed by atoms with Crippen LogP contribution in [0.2, 0.25) is 0 Å². The lowest BCUT2D eigenvalue weighted by atomic mass is 9.77. The Morgan fingerprint density at radius 1 is 1.40 bits per heavy atom. The van der Waals surface area contributed by atoms with Gasteiger partial charge in [0.1, 0.15) is 5.69 Å². The molecule has 5 nitrogen and oxygen atoms in total. The number of alkyl halides is 5. The molecule has 2 rings (SSSR count). The lowest BCUT2D eigenvalue weighted by Crippen LogP contribution is -2.47. The zero-order valence-corrected chi connectivity index (χ0v) is 13.5. The number of aliphatic carboxylic acids is 1. The fraction of sp³-hybridized carbons (Fsp3) is 0.600. The predicted octanol–water partition coefficient (Wildman–Crippen LogP) is 3.55. The summed E-state index contributed by atoms with van der Waals surface area (Å²) < 4.78 is 75.5. The number of ether oxygens (including phenoxy) is 2. The van der Waals surface area contributed by atoms with Crippen molar-refractivity contribution in [3.05, 3.63) is 23.4 Å². The van der Waals surface area contributed by atoms with E-state index in [-0.39, 0.29) is 11.4 Å². The lowest BCUT2D eigenvalue weighted by Gasteiger charge is -2.31. The van der Waals surface area contributed by atoms with Crippen LogP contribution in [0.5, 0.6) is 5.88 Å². The van der Waals surface area contributed by atoms with Gasteiger partial charge in [-0.25, -0.2) is 18.6 Å². The molecule has 0 bridgehead atoms. The van der Waals surface area contributed by atoms with Crippen molar-refractivity contribution in [2.24, 2.45) is 5.92 Å². The molecule has 10 heteroatoms. The van der Waals surface area contributed by atoms with E-state index in [2.05, 4.69) is 4.98 Å². The number of carboxylic acids is 1. The van der Waals surface area contributed by atoms with Gasteiger partial charge in [-0.2, -0.15) is 13.2 Å². The second-order valence-electron chi connectivity index (χ2n) is 5.93. The number of halogens is 5. The summed E-state index contributed by atoms with van der Waals surface area (Å²) in [6, 6.07) is 2.04. The van der Waals surface area contributed by atoms with Gasteiger partial charge < -0.3 is 14.6 Å². The van der Waals surface area contributed by atoms with Crippen molar-refractivity contribution in [1.82, 2.24) is 4.98 Å². The highest BCUT2D eigenvalue weighted by atomic mass is 19.4. The molecular weight excluding hydrogens is 353 g/mol. The fourth-order valence-corrected chi connectivity index (χ4v) is 3.01. The Balaban J connectivity index is 2.57. The molecule has 4 atom stereocenters. The van der Waals surface area contributed by atoms with Crippen molar-refractivity contribution in [1.29, 1.82) is 0 Å². The number of aromatic nitrogens is 1. The van der Waals surface area contributed by atoms with Crippen LogP contribution >= 0.6 is 0 Å². The highest BCUT2D eigenvalue weighted by Gasteiger charge is 2.66. The quantitative estimate of drug-likeness (QED) is 0.822. The van der Waals surface area contributed by atoms with Crippen LogP contribution in [0.1, 0.15) is 37.4 Å². The summed E-state index contributed by atoms with van der Waals surface area (Å²) in [5, 5.41) is 9.29. The maximum absolute atomic E-state index is 13.4. The van der Waals surface area contributed by atoms with Gasteiger partial charge in [0.25, 0.3) is 6.43 Å². The lowest BCUT2D eigenvalue weighted by molar-refractivity contribution is -0.273. The van der Waals surface area contributed by atoms with E-state index in [0.717, 1.165) is 26.2 Å². The van der Waals surface area contributed by atoms with Gasteiger partial charge in [-0.05, 0) is 13.0 Å². The van der Waals surface area contributed by atoms with Gasteiger partial charge in [0, 0.05) is 17.4 Å². The van der Waals surface area contributed by atoms with E-state index in [0.29, 0.717) is 0 Å². The van der Waals surface area contributed by atoms with Crippen LogP contribution in [0.3, 0.4) is 0 Å². The summed E-state index contributed by atoms with van der Waals surface area (Å²) in [6.45, 7) is 1.96. The minimum atomic E-state index is -4.82. The van der Waals surface area contributed by atoms with E-state index < -0.39 is 47.8 Å². The number of hydrogen-bond donors (Lipinski definition) is 1. The summed E-state index contributed by atoms with van der Waals surface area (Å²) >= 11 is 0. The van der Waals surface area contributed by atoms with E-state index in [9.17, 15) is 31.9 Å². The van der Waals surface area contributed by atoms with E-state index in [1.807, 2.05) is 0 Å². The topological polar surface area (TPSA) is 68.7 Å². The number of carboxylic acid groups (broad SMARTS) is 1. The van der Waals surface area contributed by atoms with E-state index in [1.165, 1.54) is 6.92 Å². The molecule has 0 amide bonds. The number of nitrogens with zero attached hydrogens (tertiary/aromatic N) is 1. The molecule has 1 aromatic rings. The van der Waals surface area contributed by atoms with Gasteiger partial charge >= 0.3 is 12.1 Å². The van der Waals surface area contributed by atoms with Crippen LogP contribution in [0.4, 0.5) is 22.0 Å². The normalized spacial score (nSPS) is 29.9. The first-order valence-corrected chi connectivity index (χ1v) is 7.24. The maximum atomic E-state index is 13.4. The molecule has 1 aromatic heterocycles. The Hall–Kier alpha value is -1.97. The molecule has 2 heterocycles. The van der Waals surface area contributed by atoms with Crippen LogP contribution in [0.15, 0.2) is 12.1 Å². The minimum Gasteiger partial charge on any atom is -0.481 e. The van der Waals surface area contributed by atoms with Crippen LogP contribution in [-0.2, 0) is 9.53 Å². The third-order valence-electron chi connectivity index (χ3n) is 4.60. The highest BCUT2D eigenvalue weighted by Crippen LogP contribution is 2.54. The molecule has 0 aromatic carbocycles. The van der Waals surface area contributed by atoms with Crippen molar-refractivity contribution < 1.29 is 41.3 Å². The van der Waals surface area contributed by atoms with Gasteiger partial charge in [0.15, 0.2) is 11.7 Å². The predicted molar refractivity (Wildman–Crippen MR) is 74.6 cm³/mol. The van der Waals surface area contributed by atoms with Gasteiger partial charge in [-0.3, -0.25) is 0 Å². The SMILES string of the molecule is COc1nc(C(F)F)ccc1[C@@H]1[C@@H](C(=O)O)O[C@](C)(C(F)(F)F)[C@@H]1C. The van der Waals surface area contributed by atoms with Crippen LogP contribution in [-0.4, -0.2) is 41.1 Å². The first-order valence-electron chi connectivity index (χ1n) is 7.24. The number of hydrogen-bond acceptors (Lipinski definition) is 4. The van der Waals surface area contributed by atoms with Crippen molar-refractivity contribution in [2.45, 2.75) is 44.1 Å². The number of pyridine rings is 1. The second-order valence-corrected chi connectivity index (χ2v) is 5.93. The van der Waals surface area contributed by atoms with Crippen molar-refractivity contribution in [2.75, 3.05) is 7.11 Å². The molecule has 0 radical (unpaired) electrons. The molecular formula is C15H16F5NO4. The Bertz CT molecular complexity index is 666. The Morgan fingerprint density at radius 3 is 2.44 bits per heavy atom. The summed E-state index contributed by atoms with van der Waals surface area (Å²) in [4.78, 5) is 15.0. The standard InChI is InChI=1S/C15H16F5NO4/c1-6-9(7-4-5-8(11(16)17)21-12(7)24-3)10(13(22)23)25-14(6,2)15(18,19)20/h4-6,9-11H,1-3H3,(H,22,23)/t6-,9-,10+,14+/m1/s1. The van der Waals surface area contributed by atoms with Crippen molar-refractivity contribution in [3.8, 4) is 5.88 Å². The highest BCUT2D eigenvalue weighted by molar-refractivity contribution is 5.75. The van der Waals surface area contributed by atoms with Gasteiger partial charge in [0.2, 0.25) is 5.88 Å². The van der Waals surface area contributed by atoms with E-state index in [4.69, 9.17) is 9.47 Å². The molecule has 0 saturated carbocycles. The molecule has 1 aliphatic rings. The zero-order chi connectivity index (χ0) is 19.2. The Labute approximate surface area is 139 Å². The zero-order valence-electron chi connectivity index (χ0n) is 13.5. The number of rotatable bonds is 4. The van der Waals surface area contributed by atoms with Gasteiger partial charge in [0.05, 0.1) is 7.11 Å². The molecule has 25 heavy (non-hydrogen) atoms. The first kappa shape index (κ1) is 19.4. The van der Waals surface area contributed by atoms with E-state index in [1.54, 1.807) is 0 Å². The minimum absolute atomic E-state index is 0.0280. The third-order valence-corrected chi connectivity index (χ3v) is 4.60. The molecule has 0 spiro atoms. The van der Waals surface area contributed by atoms with Gasteiger partial charge in [-0.1, -0.05) is 13.0 Å². The first-order chi connectivity index (χ1) is 11.4. The summed E-state index contributed by atoms with van der Waals surface area (Å²) in [6.07, 6.45) is -9.55. The third kappa shape index (κ3) is 3.14. The van der Waals surface area contributed by atoms with Crippen molar-refractivity contribution in [3.63, 3.8) is 0 Å². The van der Waals surface area contributed by atoms with Crippen LogP contribution in [0, 0.1) is 5.92 Å². The number of methoxy groups -OCH3 is 1. The molecule has 140 valence electrons. The van der Waals surface area contributed by atoms with Crippen molar-refractivity contribution >= 4 is 5.97 Å². The van der Waals surface area contributed by atoms with Crippen LogP contribution < -0.4 is 4.74 Å². The molecule has 0 aliphatic carbocycles. The second kappa shape index (κ2) is 6.40. The molecule has 1 N–H and O–H groups in total. The molecule has 1 aliphatic heterocycles. The van der Waals surface area contributed by atoms with Crippen LogP contribution in [0.25, 0.3) is 0 Å². The Morgan fingerprint density at radius 2 is 2.00 bits per heavy atom. The summed E-state index contributed by atoms with van der Waals surface area (Å²) in [7, 11) is 1.11. The molecule has 0 unspecified atom stereocenters. The average Bonchev–Trinajstić information content (AvgIpc) is 2.79. The summed E-state index contributed by atoms with van der Waals surface area (Å²) in [5.41, 5.74) is -3.37. The molecule has 1 fully saturated rings. The fourth-order valence-electron chi connectivity index (χ4n) is 3.01. The summed E-state index contributed by atoms with van der Waals surface area (Å²) in [5.74, 6) is -4.54. The smallest absolute Gasteiger partial charge is 0.417 e. The van der Waals surface area contributed by atoms with E-state index >= 15 is 0 Å². The largest absolute Gasteiger partial charge is 0.481 e. The molecule has 1 saturated heterocycles. The monoisotopic (exact) mass is 369 g/mol. The average molecular weight is 369 g/mol. The number of carbonyl (C=O) groups is 1. The maximum Gasteiger partial charge on any atom is 0.417 e.